The fourth-order valence-corrected chi connectivity index (χ4v) is 2.56. The van der Waals surface area contributed by atoms with E-state index in [4.69, 9.17) is 9.47 Å². The molecule has 6 nitrogen and oxygen atoms in total. The quantitative estimate of drug-likeness (QED) is 0.686. The second kappa shape index (κ2) is 7.74. The molecule has 1 heterocycles. The van der Waals surface area contributed by atoms with Crippen molar-refractivity contribution < 1.29 is 19.1 Å². The average molecular weight is 352 g/mol. The zero-order valence-electron chi connectivity index (χ0n) is 14.6. The van der Waals surface area contributed by atoms with Gasteiger partial charge in [0, 0.05) is 11.6 Å². The molecule has 0 bridgehead atoms. The number of amides is 1. The minimum atomic E-state index is -0.840. The van der Waals surface area contributed by atoms with Gasteiger partial charge in [-0.15, -0.1) is 0 Å². The van der Waals surface area contributed by atoms with Gasteiger partial charge in [-0.2, -0.15) is 0 Å². The van der Waals surface area contributed by atoms with Crippen LogP contribution >= 0.6 is 0 Å². The van der Waals surface area contributed by atoms with Crippen molar-refractivity contribution >= 4 is 23.0 Å². The lowest BCUT2D eigenvalue weighted by Crippen LogP contribution is -2.41. The van der Waals surface area contributed by atoms with E-state index in [1.807, 2.05) is 55.5 Å². The second-order valence-corrected chi connectivity index (χ2v) is 6.00. The molecule has 1 aromatic heterocycles. The Morgan fingerprint density at radius 2 is 1.88 bits per heavy atom. The number of esters is 1. The molecule has 0 radical (unpaired) electrons. The highest BCUT2D eigenvalue weighted by molar-refractivity contribution is 5.92. The van der Waals surface area contributed by atoms with Gasteiger partial charge in [0.15, 0.2) is 5.75 Å². The van der Waals surface area contributed by atoms with Gasteiger partial charge in [0.2, 0.25) is 0 Å². The number of rotatable bonds is 5. The molecule has 0 aliphatic heterocycles. The van der Waals surface area contributed by atoms with Gasteiger partial charge in [0.1, 0.15) is 12.6 Å². The number of carbonyl (C=O) groups excluding carboxylic acids is 2. The number of aromatic nitrogens is 1. The SMILES string of the molecule is Cc1cccc2c(OC(=O)[C@H](C)NC(=O)OCc3ccccc3)c[nH]c12. The van der Waals surface area contributed by atoms with E-state index >= 15 is 0 Å². The van der Waals surface area contributed by atoms with Gasteiger partial charge in [-0.3, -0.25) is 0 Å². The maximum Gasteiger partial charge on any atom is 0.408 e. The Hall–Kier alpha value is -3.28. The van der Waals surface area contributed by atoms with Gasteiger partial charge in [-0.25, -0.2) is 9.59 Å². The minimum Gasteiger partial charge on any atom is -0.445 e. The van der Waals surface area contributed by atoms with Crippen LogP contribution in [0.25, 0.3) is 10.9 Å². The summed E-state index contributed by atoms with van der Waals surface area (Å²) in [5.74, 6) is -0.135. The van der Waals surface area contributed by atoms with E-state index < -0.39 is 18.1 Å². The van der Waals surface area contributed by atoms with Crippen LogP contribution in [0.2, 0.25) is 0 Å². The van der Waals surface area contributed by atoms with Crippen molar-refractivity contribution in [3.63, 3.8) is 0 Å². The van der Waals surface area contributed by atoms with E-state index in [1.54, 1.807) is 13.1 Å². The Balaban J connectivity index is 1.55. The molecule has 2 aromatic carbocycles. The predicted molar refractivity (Wildman–Crippen MR) is 97.9 cm³/mol. The molecule has 0 unspecified atom stereocenters. The van der Waals surface area contributed by atoms with Crippen LogP contribution in [-0.4, -0.2) is 23.1 Å². The van der Waals surface area contributed by atoms with Crippen LogP contribution in [0.15, 0.2) is 54.7 Å². The Morgan fingerprint density at radius 3 is 2.65 bits per heavy atom. The average Bonchev–Trinajstić information content (AvgIpc) is 3.05. The first-order valence-corrected chi connectivity index (χ1v) is 8.30. The van der Waals surface area contributed by atoms with Crippen LogP contribution in [0.3, 0.4) is 0 Å². The number of H-pyrrole nitrogens is 1. The van der Waals surface area contributed by atoms with Crippen molar-refractivity contribution in [3.05, 3.63) is 65.9 Å². The lowest BCUT2D eigenvalue weighted by atomic mass is 10.1. The third-order valence-electron chi connectivity index (χ3n) is 4.00. The van der Waals surface area contributed by atoms with Crippen LogP contribution in [0, 0.1) is 6.92 Å². The van der Waals surface area contributed by atoms with Crippen molar-refractivity contribution in [3.8, 4) is 5.75 Å². The fraction of sp³-hybridized carbons (Fsp3) is 0.200. The number of ether oxygens (including phenoxy) is 2. The van der Waals surface area contributed by atoms with Gasteiger partial charge in [-0.1, -0.05) is 42.5 Å². The van der Waals surface area contributed by atoms with Crippen molar-refractivity contribution in [2.24, 2.45) is 0 Å². The van der Waals surface area contributed by atoms with Crippen molar-refractivity contribution in [2.45, 2.75) is 26.5 Å². The summed E-state index contributed by atoms with van der Waals surface area (Å²) in [4.78, 5) is 27.2. The molecule has 0 fully saturated rings. The molecule has 0 spiro atoms. The predicted octanol–water partition coefficient (Wildman–Crippen LogP) is 3.70. The van der Waals surface area contributed by atoms with E-state index in [0.29, 0.717) is 5.75 Å². The second-order valence-electron chi connectivity index (χ2n) is 6.00. The Labute approximate surface area is 151 Å². The van der Waals surface area contributed by atoms with E-state index in [-0.39, 0.29) is 6.61 Å². The molecular formula is C20H20N2O4. The molecule has 0 saturated heterocycles. The minimum absolute atomic E-state index is 0.135. The van der Waals surface area contributed by atoms with Gasteiger partial charge in [0.25, 0.3) is 0 Å². The molecule has 6 heteroatoms. The van der Waals surface area contributed by atoms with Crippen LogP contribution in [-0.2, 0) is 16.1 Å². The Morgan fingerprint density at radius 1 is 1.12 bits per heavy atom. The van der Waals surface area contributed by atoms with Crippen LogP contribution in [0.4, 0.5) is 4.79 Å². The molecule has 3 rings (SSSR count). The van der Waals surface area contributed by atoms with Crippen LogP contribution in [0.1, 0.15) is 18.1 Å². The van der Waals surface area contributed by atoms with Crippen molar-refractivity contribution in [1.82, 2.24) is 10.3 Å². The molecule has 2 N–H and O–H groups in total. The maximum atomic E-state index is 12.2. The van der Waals surface area contributed by atoms with Gasteiger partial charge in [-0.05, 0) is 31.0 Å². The molecule has 1 amide bonds. The first-order chi connectivity index (χ1) is 12.5. The smallest absolute Gasteiger partial charge is 0.408 e. The zero-order valence-corrected chi connectivity index (χ0v) is 14.6. The van der Waals surface area contributed by atoms with E-state index in [0.717, 1.165) is 22.0 Å². The number of carbonyl (C=O) groups is 2. The highest BCUT2D eigenvalue weighted by atomic mass is 16.6. The summed E-state index contributed by atoms with van der Waals surface area (Å²) in [5, 5.41) is 3.29. The van der Waals surface area contributed by atoms with E-state index in [2.05, 4.69) is 10.3 Å². The third kappa shape index (κ3) is 4.03. The van der Waals surface area contributed by atoms with Gasteiger partial charge < -0.3 is 19.8 Å². The van der Waals surface area contributed by atoms with E-state index in [9.17, 15) is 9.59 Å². The Bertz CT molecular complexity index is 918. The topological polar surface area (TPSA) is 80.4 Å². The summed E-state index contributed by atoms with van der Waals surface area (Å²) in [7, 11) is 0. The number of nitrogens with one attached hydrogen (secondary N) is 2. The van der Waals surface area contributed by atoms with Crippen LogP contribution < -0.4 is 10.1 Å². The summed E-state index contributed by atoms with van der Waals surface area (Å²) >= 11 is 0. The zero-order chi connectivity index (χ0) is 18.5. The highest BCUT2D eigenvalue weighted by Gasteiger charge is 2.20. The fourth-order valence-electron chi connectivity index (χ4n) is 2.56. The standard InChI is InChI=1S/C20H20N2O4/c1-13-7-6-10-16-17(11-21-18(13)16)26-19(23)14(2)22-20(24)25-12-15-8-4-3-5-9-15/h3-11,14,21H,12H2,1-2H3,(H,22,24)/t14-/m0/s1. The lowest BCUT2D eigenvalue weighted by molar-refractivity contribution is -0.136. The Kier molecular flexibility index (Phi) is 5.22. The monoisotopic (exact) mass is 352 g/mol. The summed E-state index contributed by atoms with van der Waals surface area (Å²) in [6.45, 7) is 3.65. The number of benzene rings is 2. The number of aromatic amines is 1. The number of aryl methyl sites for hydroxylation is 1. The molecule has 3 aromatic rings. The molecule has 134 valence electrons. The van der Waals surface area contributed by atoms with E-state index in [1.165, 1.54) is 0 Å². The summed E-state index contributed by atoms with van der Waals surface area (Å²) in [5.41, 5.74) is 2.84. The number of para-hydroxylation sites is 1. The normalized spacial score (nSPS) is 11.8. The molecule has 0 aliphatic rings. The largest absolute Gasteiger partial charge is 0.445 e. The van der Waals surface area contributed by atoms with Gasteiger partial charge in [0.05, 0.1) is 5.52 Å². The molecule has 0 aliphatic carbocycles. The summed E-state index contributed by atoms with van der Waals surface area (Å²) in [6.07, 6.45) is 0.962. The molecular weight excluding hydrogens is 332 g/mol. The summed E-state index contributed by atoms with van der Waals surface area (Å²) in [6, 6.07) is 14.2. The first-order valence-electron chi connectivity index (χ1n) is 8.30. The number of hydrogen-bond acceptors (Lipinski definition) is 4. The number of alkyl carbamates (subject to hydrolysis) is 1. The molecule has 26 heavy (non-hydrogen) atoms. The number of hydrogen-bond donors (Lipinski definition) is 2. The lowest BCUT2D eigenvalue weighted by Gasteiger charge is -2.13. The van der Waals surface area contributed by atoms with Crippen molar-refractivity contribution in [2.75, 3.05) is 0 Å². The molecule has 0 saturated carbocycles. The number of fused-ring (bicyclic) bond motifs is 1. The van der Waals surface area contributed by atoms with Crippen LogP contribution in [0.5, 0.6) is 5.75 Å². The molecule has 1 atom stereocenters. The third-order valence-corrected chi connectivity index (χ3v) is 4.00. The first kappa shape index (κ1) is 17.5. The van der Waals surface area contributed by atoms with Crippen molar-refractivity contribution in [1.29, 1.82) is 0 Å². The summed E-state index contributed by atoms with van der Waals surface area (Å²) < 4.78 is 10.5. The van der Waals surface area contributed by atoms with Gasteiger partial charge >= 0.3 is 12.1 Å². The maximum absolute atomic E-state index is 12.2. The highest BCUT2D eigenvalue weighted by Crippen LogP contribution is 2.27.